The van der Waals surface area contributed by atoms with Gasteiger partial charge in [0, 0.05) is 12.1 Å². The quantitative estimate of drug-likeness (QED) is 0.617. The van der Waals surface area contributed by atoms with Gasteiger partial charge in [0.25, 0.3) is 11.1 Å². The van der Waals surface area contributed by atoms with Crippen LogP contribution < -0.4 is 16.4 Å². The zero-order valence-electron chi connectivity index (χ0n) is 9.43. The summed E-state index contributed by atoms with van der Waals surface area (Å²) in [5.74, 6) is 0.150. The van der Waals surface area contributed by atoms with Crippen LogP contribution in [0.4, 0.5) is 5.95 Å². The fourth-order valence-electron chi connectivity index (χ4n) is 1.29. The lowest BCUT2D eigenvalue weighted by molar-refractivity contribution is -0.117. The Morgan fingerprint density at radius 2 is 2.22 bits per heavy atom. The molecule has 0 aliphatic carbocycles. The van der Waals surface area contributed by atoms with Crippen LogP contribution in [0.5, 0.6) is 0 Å². The van der Waals surface area contributed by atoms with Gasteiger partial charge in [0.15, 0.2) is 0 Å². The third kappa shape index (κ3) is 2.70. The molecule has 0 radical (unpaired) electrons. The molecule has 0 fully saturated rings. The molecule has 0 saturated heterocycles. The van der Waals surface area contributed by atoms with Crippen LogP contribution in [0.15, 0.2) is 21.7 Å². The Balaban J connectivity index is 2.10. The number of carbonyl (C=O) groups excluding carboxylic acids is 1. The van der Waals surface area contributed by atoms with Crippen molar-refractivity contribution in [2.75, 3.05) is 5.32 Å². The van der Waals surface area contributed by atoms with Gasteiger partial charge < -0.3 is 0 Å². The minimum absolute atomic E-state index is 0.115. The van der Waals surface area contributed by atoms with Crippen molar-refractivity contribution in [1.82, 2.24) is 25.0 Å². The van der Waals surface area contributed by atoms with Crippen LogP contribution >= 0.6 is 0 Å². The summed E-state index contributed by atoms with van der Waals surface area (Å²) in [7, 11) is 0. The minimum atomic E-state index is -0.516. The molecule has 0 aromatic carbocycles. The van der Waals surface area contributed by atoms with E-state index >= 15 is 0 Å². The second-order valence-electron chi connectivity index (χ2n) is 3.53. The number of aryl methyl sites for hydroxylation is 1. The van der Waals surface area contributed by atoms with Crippen molar-refractivity contribution in [1.29, 1.82) is 0 Å². The molecular formula is C9H10N6O3. The van der Waals surface area contributed by atoms with E-state index in [1.165, 1.54) is 0 Å². The highest BCUT2D eigenvalue weighted by molar-refractivity contribution is 5.88. The van der Waals surface area contributed by atoms with Crippen LogP contribution in [0.1, 0.15) is 5.82 Å². The molecule has 94 valence electrons. The Kier molecular flexibility index (Phi) is 3.04. The molecule has 2 aromatic rings. The maximum Gasteiger partial charge on any atom is 0.265 e. The lowest BCUT2D eigenvalue weighted by atomic mass is 10.5. The summed E-state index contributed by atoms with van der Waals surface area (Å²) < 4.78 is 0.900. The van der Waals surface area contributed by atoms with E-state index in [-0.39, 0.29) is 12.5 Å². The summed E-state index contributed by atoms with van der Waals surface area (Å²) in [4.78, 5) is 37.8. The first-order valence-corrected chi connectivity index (χ1v) is 5.03. The molecule has 2 rings (SSSR count). The van der Waals surface area contributed by atoms with E-state index in [2.05, 4.69) is 25.6 Å². The van der Waals surface area contributed by atoms with Gasteiger partial charge in [-0.2, -0.15) is 4.98 Å². The molecule has 0 spiro atoms. The van der Waals surface area contributed by atoms with E-state index in [0.717, 1.165) is 16.8 Å². The van der Waals surface area contributed by atoms with Crippen molar-refractivity contribution in [3.05, 3.63) is 38.7 Å². The average molecular weight is 250 g/mol. The first-order chi connectivity index (χ1) is 8.54. The van der Waals surface area contributed by atoms with E-state index in [4.69, 9.17) is 0 Å². The number of rotatable bonds is 3. The number of aromatic nitrogens is 5. The van der Waals surface area contributed by atoms with E-state index in [0.29, 0.717) is 5.82 Å². The third-order valence-corrected chi connectivity index (χ3v) is 2.04. The van der Waals surface area contributed by atoms with Gasteiger partial charge in [-0.05, 0) is 6.92 Å². The van der Waals surface area contributed by atoms with Crippen LogP contribution in [0.2, 0.25) is 0 Å². The second kappa shape index (κ2) is 4.65. The molecule has 0 aliphatic heterocycles. The van der Waals surface area contributed by atoms with Crippen molar-refractivity contribution >= 4 is 11.9 Å². The smallest absolute Gasteiger partial charge is 0.265 e. The Hall–Kier alpha value is -2.71. The number of anilines is 1. The van der Waals surface area contributed by atoms with Gasteiger partial charge >= 0.3 is 0 Å². The SMILES string of the molecule is Cc1nc(NC(=O)Cn2[nH]c(=O)ccc2=O)n[nH]1. The summed E-state index contributed by atoms with van der Waals surface area (Å²) in [6, 6.07) is 2.18. The standard InChI is InChI=1S/C9H10N6O3/c1-5-10-9(13-12-5)11-7(17)4-15-8(18)3-2-6(16)14-15/h2-3H,4H2,1H3,(H,14,16)(H2,10,11,12,13,17). The normalized spacial score (nSPS) is 10.3. The van der Waals surface area contributed by atoms with Gasteiger partial charge in [0.05, 0.1) is 0 Å². The van der Waals surface area contributed by atoms with Crippen molar-refractivity contribution in [2.45, 2.75) is 13.5 Å². The van der Waals surface area contributed by atoms with Gasteiger partial charge in [-0.25, -0.2) is 4.68 Å². The second-order valence-corrected chi connectivity index (χ2v) is 3.53. The predicted octanol–water partition coefficient (Wildman–Crippen LogP) is -1.40. The van der Waals surface area contributed by atoms with Gasteiger partial charge in [0.2, 0.25) is 11.9 Å². The van der Waals surface area contributed by atoms with Crippen LogP contribution in [0, 0.1) is 6.92 Å². The molecule has 2 heterocycles. The van der Waals surface area contributed by atoms with Gasteiger partial charge in [-0.15, -0.1) is 5.10 Å². The maximum absolute atomic E-state index is 11.6. The number of hydrogen-bond donors (Lipinski definition) is 3. The molecule has 9 heteroatoms. The Morgan fingerprint density at radius 1 is 1.44 bits per heavy atom. The van der Waals surface area contributed by atoms with E-state index in [1.54, 1.807) is 6.92 Å². The number of H-pyrrole nitrogens is 2. The predicted molar refractivity (Wildman–Crippen MR) is 61.1 cm³/mol. The molecule has 0 aliphatic rings. The summed E-state index contributed by atoms with van der Waals surface area (Å²) in [6.07, 6.45) is 0. The maximum atomic E-state index is 11.6. The largest absolute Gasteiger partial charge is 0.292 e. The summed E-state index contributed by atoms with van der Waals surface area (Å²) in [5, 5.41) is 10.9. The topological polar surface area (TPSA) is 126 Å². The van der Waals surface area contributed by atoms with Crippen molar-refractivity contribution in [2.24, 2.45) is 0 Å². The van der Waals surface area contributed by atoms with Gasteiger partial charge in [-0.1, -0.05) is 0 Å². The molecule has 0 saturated carbocycles. The Labute approximate surface area is 99.9 Å². The van der Waals surface area contributed by atoms with Gasteiger partial charge in [-0.3, -0.25) is 29.9 Å². The highest BCUT2D eigenvalue weighted by Crippen LogP contribution is 1.96. The Bertz CT molecular complexity index is 682. The molecule has 0 atom stereocenters. The highest BCUT2D eigenvalue weighted by atomic mass is 16.2. The minimum Gasteiger partial charge on any atom is -0.292 e. The lowest BCUT2D eigenvalue weighted by Crippen LogP contribution is -2.33. The zero-order chi connectivity index (χ0) is 13.1. The first-order valence-electron chi connectivity index (χ1n) is 5.03. The highest BCUT2D eigenvalue weighted by Gasteiger charge is 2.08. The molecular weight excluding hydrogens is 240 g/mol. The fourth-order valence-corrected chi connectivity index (χ4v) is 1.29. The summed E-state index contributed by atoms with van der Waals surface area (Å²) in [5.41, 5.74) is -0.938. The van der Waals surface area contributed by atoms with Gasteiger partial charge in [0.1, 0.15) is 12.4 Å². The number of amides is 1. The number of carbonyl (C=O) groups is 1. The third-order valence-electron chi connectivity index (χ3n) is 2.04. The molecule has 3 N–H and O–H groups in total. The van der Waals surface area contributed by atoms with E-state index in [1.807, 2.05) is 0 Å². The van der Waals surface area contributed by atoms with E-state index in [9.17, 15) is 14.4 Å². The molecule has 18 heavy (non-hydrogen) atoms. The number of hydrogen-bond acceptors (Lipinski definition) is 5. The summed E-state index contributed by atoms with van der Waals surface area (Å²) >= 11 is 0. The monoisotopic (exact) mass is 250 g/mol. The fraction of sp³-hybridized carbons (Fsp3) is 0.222. The van der Waals surface area contributed by atoms with Crippen LogP contribution in [-0.4, -0.2) is 30.9 Å². The number of nitrogens with one attached hydrogen (secondary N) is 3. The number of nitrogens with zero attached hydrogens (tertiary/aromatic N) is 3. The van der Waals surface area contributed by atoms with E-state index < -0.39 is 17.0 Å². The zero-order valence-corrected chi connectivity index (χ0v) is 9.43. The van der Waals surface area contributed by atoms with Crippen LogP contribution in [0.3, 0.4) is 0 Å². The van der Waals surface area contributed by atoms with Crippen LogP contribution in [0.25, 0.3) is 0 Å². The molecule has 2 aromatic heterocycles. The molecule has 0 unspecified atom stereocenters. The average Bonchev–Trinajstić information content (AvgIpc) is 2.69. The first kappa shape index (κ1) is 11.8. The molecule has 9 nitrogen and oxygen atoms in total. The Morgan fingerprint density at radius 3 is 2.89 bits per heavy atom. The van der Waals surface area contributed by atoms with Crippen molar-refractivity contribution in [3.8, 4) is 0 Å². The van der Waals surface area contributed by atoms with Crippen molar-refractivity contribution in [3.63, 3.8) is 0 Å². The molecule has 0 bridgehead atoms. The molecule has 1 amide bonds. The summed E-state index contributed by atoms with van der Waals surface area (Å²) in [6.45, 7) is 1.37. The van der Waals surface area contributed by atoms with Crippen molar-refractivity contribution < 1.29 is 4.79 Å². The number of aromatic amines is 2. The lowest BCUT2D eigenvalue weighted by Gasteiger charge is -2.03. The van der Waals surface area contributed by atoms with Crippen LogP contribution in [-0.2, 0) is 11.3 Å².